The van der Waals surface area contributed by atoms with Gasteiger partial charge in [0.1, 0.15) is 6.79 Å². The van der Waals surface area contributed by atoms with Crippen molar-refractivity contribution in [3.8, 4) is 0 Å². The van der Waals surface area contributed by atoms with Crippen molar-refractivity contribution in [3.05, 3.63) is 12.2 Å². The second-order valence-corrected chi connectivity index (χ2v) is 6.58. The zero-order valence-corrected chi connectivity index (χ0v) is 14.0. The third-order valence-electron chi connectivity index (χ3n) is 2.69. The van der Waals surface area contributed by atoms with Gasteiger partial charge in [0.05, 0.1) is 13.7 Å². The summed E-state index contributed by atoms with van der Waals surface area (Å²) in [7, 11) is 2.76. The lowest BCUT2D eigenvalue weighted by Gasteiger charge is -2.22. The zero-order valence-electron chi connectivity index (χ0n) is 11.8. The minimum atomic E-state index is -1.86. The molecule has 0 aliphatic carbocycles. The molecular formula is C12H16Cl3NO5. The first-order chi connectivity index (χ1) is 9.75. The van der Waals surface area contributed by atoms with Gasteiger partial charge in [-0.1, -0.05) is 40.9 Å². The maximum atomic E-state index is 11.9. The Hall–Kier alpha value is -0.530. The molecule has 0 unspecified atom stereocenters. The molecule has 1 aliphatic heterocycles. The van der Waals surface area contributed by atoms with Gasteiger partial charge in [-0.15, -0.1) is 0 Å². The maximum absolute atomic E-state index is 11.9. The predicted molar refractivity (Wildman–Crippen MR) is 80.0 cm³/mol. The molecule has 0 amide bonds. The van der Waals surface area contributed by atoms with Gasteiger partial charge in [-0.3, -0.25) is 0 Å². The number of hydrogen-bond acceptors (Lipinski definition) is 6. The van der Waals surface area contributed by atoms with Gasteiger partial charge < -0.3 is 18.9 Å². The second-order valence-electron chi connectivity index (χ2n) is 4.30. The van der Waals surface area contributed by atoms with Gasteiger partial charge in [0, 0.05) is 7.11 Å². The normalized spacial score (nSPS) is 25.8. The minimum Gasteiger partial charge on any atom is -0.467 e. The zero-order chi connectivity index (χ0) is 16.1. The molecule has 2 atom stereocenters. The lowest BCUT2D eigenvalue weighted by atomic mass is 9.96. The standard InChI is InChI=1S/C12H16Cl3NO5/c1-11(10(17)19-3)8(5-4-6-20-7-18-2)21-9(16-11)12(13,14)15/h4-5,8H,6-7H2,1-3H3/b5-4+/t8-,11+/m1/s1. The highest BCUT2D eigenvalue weighted by Crippen LogP contribution is 2.37. The summed E-state index contributed by atoms with van der Waals surface area (Å²) in [5.41, 5.74) is -1.33. The van der Waals surface area contributed by atoms with Crippen LogP contribution in [-0.4, -0.2) is 54.9 Å². The summed E-state index contributed by atoms with van der Waals surface area (Å²) in [6, 6.07) is 0. The number of rotatable bonds is 6. The fraction of sp³-hybridized carbons (Fsp3) is 0.667. The van der Waals surface area contributed by atoms with Crippen molar-refractivity contribution in [1.82, 2.24) is 0 Å². The first-order valence-corrected chi connectivity index (χ1v) is 7.04. The molecule has 0 N–H and O–H groups in total. The Bertz CT molecular complexity index is 435. The molecule has 6 nitrogen and oxygen atoms in total. The molecule has 0 aromatic heterocycles. The van der Waals surface area contributed by atoms with Crippen molar-refractivity contribution in [1.29, 1.82) is 0 Å². The van der Waals surface area contributed by atoms with Crippen LogP contribution in [-0.2, 0) is 23.7 Å². The topological polar surface area (TPSA) is 66.3 Å². The summed E-state index contributed by atoms with van der Waals surface area (Å²) in [5, 5.41) is 0. The Labute approximate surface area is 137 Å². The third kappa shape index (κ3) is 4.72. The SMILES string of the molecule is COCOC/C=C/[C@H]1OC(C(Cl)(Cl)Cl)=N[C@]1(C)C(=O)OC. The molecule has 1 rings (SSSR count). The van der Waals surface area contributed by atoms with Gasteiger partial charge in [0.2, 0.25) is 5.90 Å². The largest absolute Gasteiger partial charge is 0.467 e. The summed E-state index contributed by atoms with van der Waals surface area (Å²) >= 11 is 17.2. The number of carbonyl (C=O) groups is 1. The van der Waals surface area contributed by atoms with E-state index < -0.39 is 21.4 Å². The number of methoxy groups -OCH3 is 2. The Balaban J connectivity index is 2.86. The first-order valence-electron chi connectivity index (χ1n) is 5.91. The van der Waals surface area contributed by atoms with Crippen molar-refractivity contribution >= 4 is 46.7 Å². The highest BCUT2D eigenvalue weighted by atomic mass is 35.6. The van der Waals surface area contributed by atoms with E-state index in [1.807, 2.05) is 0 Å². The van der Waals surface area contributed by atoms with Gasteiger partial charge >= 0.3 is 5.97 Å². The first kappa shape index (κ1) is 18.5. The summed E-state index contributed by atoms with van der Waals surface area (Å²) in [4.78, 5) is 16.0. The number of esters is 1. The van der Waals surface area contributed by atoms with Crippen LogP contribution in [0.1, 0.15) is 6.92 Å². The molecule has 0 saturated heterocycles. The average Bonchev–Trinajstić information content (AvgIpc) is 2.76. The van der Waals surface area contributed by atoms with Crippen molar-refractivity contribution in [2.24, 2.45) is 4.99 Å². The van der Waals surface area contributed by atoms with E-state index in [0.29, 0.717) is 0 Å². The Morgan fingerprint density at radius 2 is 2.14 bits per heavy atom. The molecule has 120 valence electrons. The maximum Gasteiger partial charge on any atom is 0.337 e. The Kier molecular flexibility index (Phi) is 6.74. The van der Waals surface area contributed by atoms with E-state index in [-0.39, 0.29) is 19.3 Å². The molecule has 0 fully saturated rings. The van der Waals surface area contributed by atoms with Crippen LogP contribution in [0.4, 0.5) is 0 Å². The van der Waals surface area contributed by atoms with E-state index >= 15 is 0 Å². The number of nitrogens with zero attached hydrogens (tertiary/aromatic N) is 1. The molecule has 0 spiro atoms. The number of halogens is 3. The van der Waals surface area contributed by atoms with Crippen LogP contribution in [0, 0.1) is 0 Å². The summed E-state index contributed by atoms with van der Waals surface area (Å²) in [6.07, 6.45) is 2.49. The number of ether oxygens (including phenoxy) is 4. The van der Waals surface area contributed by atoms with E-state index in [9.17, 15) is 4.79 Å². The smallest absolute Gasteiger partial charge is 0.337 e. The van der Waals surface area contributed by atoms with Crippen LogP contribution in [0.15, 0.2) is 17.1 Å². The fourth-order valence-corrected chi connectivity index (χ4v) is 1.90. The van der Waals surface area contributed by atoms with Gasteiger partial charge in [-0.2, -0.15) is 0 Å². The molecule has 0 radical (unpaired) electrons. The predicted octanol–water partition coefficient (Wildman–Crippen LogP) is 2.26. The van der Waals surface area contributed by atoms with Crippen LogP contribution in [0.2, 0.25) is 0 Å². The molecule has 0 bridgehead atoms. The van der Waals surface area contributed by atoms with E-state index in [2.05, 4.69) is 4.99 Å². The highest BCUT2D eigenvalue weighted by Gasteiger charge is 2.52. The van der Waals surface area contributed by atoms with Crippen LogP contribution in [0.5, 0.6) is 0 Å². The molecule has 21 heavy (non-hydrogen) atoms. The van der Waals surface area contributed by atoms with Crippen LogP contribution in [0.3, 0.4) is 0 Å². The quantitative estimate of drug-likeness (QED) is 0.239. The second kappa shape index (κ2) is 7.65. The van der Waals surface area contributed by atoms with Gasteiger partial charge in [0.25, 0.3) is 3.79 Å². The number of alkyl halides is 3. The van der Waals surface area contributed by atoms with Crippen LogP contribution in [0.25, 0.3) is 0 Å². The number of aliphatic imine (C=N–C) groups is 1. The molecule has 0 aromatic rings. The minimum absolute atomic E-state index is 0.153. The van der Waals surface area contributed by atoms with Crippen molar-refractivity contribution in [2.45, 2.75) is 22.4 Å². The summed E-state index contributed by atoms with van der Waals surface area (Å²) < 4.78 is 18.2. The monoisotopic (exact) mass is 359 g/mol. The van der Waals surface area contributed by atoms with E-state index in [1.54, 1.807) is 12.2 Å². The van der Waals surface area contributed by atoms with E-state index in [4.69, 9.17) is 53.8 Å². The van der Waals surface area contributed by atoms with Crippen LogP contribution < -0.4 is 0 Å². The molecular weight excluding hydrogens is 344 g/mol. The average molecular weight is 361 g/mol. The lowest BCUT2D eigenvalue weighted by molar-refractivity contribution is -0.147. The molecule has 0 saturated carbocycles. The van der Waals surface area contributed by atoms with Crippen molar-refractivity contribution < 1.29 is 23.7 Å². The highest BCUT2D eigenvalue weighted by molar-refractivity contribution is 6.76. The summed E-state index contributed by atoms with van der Waals surface area (Å²) in [6.45, 7) is 1.96. The molecule has 1 aliphatic rings. The number of hydrogen-bond donors (Lipinski definition) is 0. The Morgan fingerprint density at radius 1 is 1.48 bits per heavy atom. The summed E-state index contributed by atoms with van der Waals surface area (Å²) in [5.74, 6) is -0.757. The van der Waals surface area contributed by atoms with E-state index in [0.717, 1.165) is 0 Å². The third-order valence-corrected chi connectivity index (χ3v) is 3.18. The number of carbonyl (C=O) groups excluding carboxylic acids is 1. The molecule has 9 heteroatoms. The fourth-order valence-electron chi connectivity index (χ4n) is 1.64. The lowest BCUT2D eigenvalue weighted by Crippen LogP contribution is -2.42. The Morgan fingerprint density at radius 3 is 2.67 bits per heavy atom. The van der Waals surface area contributed by atoms with Crippen LogP contribution >= 0.6 is 34.8 Å². The van der Waals surface area contributed by atoms with E-state index in [1.165, 1.54) is 21.1 Å². The van der Waals surface area contributed by atoms with Gasteiger partial charge in [-0.25, -0.2) is 9.79 Å². The molecule has 0 aromatic carbocycles. The van der Waals surface area contributed by atoms with Crippen molar-refractivity contribution in [2.75, 3.05) is 27.6 Å². The molecule has 1 heterocycles. The van der Waals surface area contributed by atoms with Gasteiger partial charge in [-0.05, 0) is 13.0 Å². The van der Waals surface area contributed by atoms with Gasteiger partial charge in [0.15, 0.2) is 11.6 Å². The van der Waals surface area contributed by atoms with Crippen molar-refractivity contribution in [3.63, 3.8) is 0 Å².